The fourth-order valence-electron chi connectivity index (χ4n) is 1.97. The number of hydrogen-bond acceptors (Lipinski definition) is 2. The van der Waals surface area contributed by atoms with Crippen molar-refractivity contribution in [1.82, 2.24) is 0 Å². The molecule has 0 aliphatic heterocycles. The summed E-state index contributed by atoms with van der Waals surface area (Å²) < 4.78 is 0. The van der Waals surface area contributed by atoms with E-state index >= 15 is 0 Å². The highest BCUT2D eigenvalue weighted by Gasteiger charge is 2.29. The minimum atomic E-state index is -0.0774. The van der Waals surface area contributed by atoms with Crippen molar-refractivity contribution in [3.63, 3.8) is 0 Å². The van der Waals surface area contributed by atoms with Crippen LogP contribution in [-0.2, 0) is 9.59 Å². The molecule has 0 saturated heterocycles. The highest BCUT2D eigenvalue weighted by atomic mass is 16.1. The largest absolute Gasteiger partial charge is 0.303 e. The number of rotatable bonds is 2. The molecule has 1 aliphatic carbocycles. The van der Waals surface area contributed by atoms with Gasteiger partial charge < -0.3 is 9.59 Å². The van der Waals surface area contributed by atoms with Gasteiger partial charge in [0.25, 0.3) is 0 Å². The zero-order valence-corrected chi connectivity index (χ0v) is 7.14. The summed E-state index contributed by atoms with van der Waals surface area (Å²) in [6.07, 6.45) is 2.51. The zero-order chi connectivity index (χ0) is 9.26. The van der Waals surface area contributed by atoms with Crippen molar-refractivity contribution in [3.05, 3.63) is 35.4 Å². The highest BCUT2D eigenvalue weighted by Crippen LogP contribution is 2.38. The number of fused-ring (bicyclic) bond motifs is 1. The van der Waals surface area contributed by atoms with E-state index in [4.69, 9.17) is 0 Å². The average Bonchev–Trinajstić information content (AvgIpc) is 2.56. The van der Waals surface area contributed by atoms with Crippen LogP contribution >= 0.6 is 0 Å². The molecule has 1 aliphatic rings. The van der Waals surface area contributed by atoms with Crippen LogP contribution in [0.5, 0.6) is 0 Å². The molecule has 0 aromatic heterocycles. The van der Waals surface area contributed by atoms with Gasteiger partial charge in [-0.3, -0.25) is 0 Å². The van der Waals surface area contributed by atoms with E-state index < -0.39 is 0 Å². The van der Waals surface area contributed by atoms with Gasteiger partial charge in [-0.2, -0.15) is 0 Å². The molecule has 1 aromatic rings. The van der Waals surface area contributed by atoms with Crippen LogP contribution in [0.25, 0.3) is 0 Å². The van der Waals surface area contributed by atoms with Crippen LogP contribution in [0.1, 0.15) is 29.4 Å². The maximum atomic E-state index is 10.7. The van der Waals surface area contributed by atoms with Crippen molar-refractivity contribution in [2.45, 2.75) is 18.3 Å². The molecule has 1 aromatic carbocycles. The summed E-state index contributed by atoms with van der Waals surface area (Å²) in [5.41, 5.74) is 2.05. The van der Waals surface area contributed by atoms with E-state index in [-0.39, 0.29) is 11.8 Å². The molecule has 0 bridgehead atoms. The first-order chi connectivity index (χ1) is 6.36. The van der Waals surface area contributed by atoms with Gasteiger partial charge in [0, 0.05) is 11.8 Å². The summed E-state index contributed by atoms with van der Waals surface area (Å²) in [7, 11) is 0. The Morgan fingerprint density at radius 2 is 1.46 bits per heavy atom. The van der Waals surface area contributed by atoms with Crippen LogP contribution in [0.2, 0.25) is 0 Å². The van der Waals surface area contributed by atoms with Crippen molar-refractivity contribution in [3.8, 4) is 0 Å². The SMILES string of the molecule is O=CC1CC(C=O)c2ccccc21. The van der Waals surface area contributed by atoms with Crippen LogP contribution < -0.4 is 0 Å². The summed E-state index contributed by atoms with van der Waals surface area (Å²) in [5.74, 6) is -0.155. The molecule has 66 valence electrons. The van der Waals surface area contributed by atoms with Crippen molar-refractivity contribution in [1.29, 1.82) is 0 Å². The molecule has 0 radical (unpaired) electrons. The number of aldehydes is 2. The molecule has 2 rings (SSSR count). The molecule has 0 heterocycles. The van der Waals surface area contributed by atoms with Gasteiger partial charge in [-0.15, -0.1) is 0 Å². The molecule has 0 fully saturated rings. The van der Waals surface area contributed by atoms with Crippen molar-refractivity contribution < 1.29 is 9.59 Å². The zero-order valence-electron chi connectivity index (χ0n) is 7.14. The summed E-state index contributed by atoms with van der Waals surface area (Å²) in [6, 6.07) is 7.67. The third kappa shape index (κ3) is 1.18. The topological polar surface area (TPSA) is 34.1 Å². The number of carbonyl (C=O) groups is 2. The number of benzene rings is 1. The third-order valence-electron chi connectivity index (χ3n) is 2.63. The summed E-state index contributed by atoms with van der Waals surface area (Å²) in [4.78, 5) is 21.4. The van der Waals surface area contributed by atoms with E-state index in [1.807, 2.05) is 24.3 Å². The van der Waals surface area contributed by atoms with E-state index in [2.05, 4.69) is 0 Å². The van der Waals surface area contributed by atoms with Crippen LogP contribution in [0.4, 0.5) is 0 Å². The molecule has 0 spiro atoms. The highest BCUT2D eigenvalue weighted by molar-refractivity contribution is 5.73. The quantitative estimate of drug-likeness (QED) is 0.639. The Balaban J connectivity index is 2.49. The molecule has 2 nitrogen and oxygen atoms in total. The molecule has 13 heavy (non-hydrogen) atoms. The third-order valence-corrected chi connectivity index (χ3v) is 2.63. The van der Waals surface area contributed by atoms with E-state index in [0.29, 0.717) is 6.42 Å². The van der Waals surface area contributed by atoms with E-state index in [0.717, 1.165) is 23.7 Å². The second kappa shape index (κ2) is 3.13. The molecular weight excluding hydrogens is 164 g/mol. The molecule has 0 amide bonds. The first kappa shape index (κ1) is 8.17. The van der Waals surface area contributed by atoms with Gasteiger partial charge in [0.15, 0.2) is 0 Å². The van der Waals surface area contributed by atoms with Gasteiger partial charge in [0.1, 0.15) is 12.6 Å². The Bertz CT molecular complexity index is 311. The minimum absolute atomic E-state index is 0.0774. The lowest BCUT2D eigenvalue weighted by molar-refractivity contribution is -0.110. The number of carbonyl (C=O) groups excluding carboxylic acids is 2. The fraction of sp³-hybridized carbons (Fsp3) is 0.273. The Morgan fingerprint density at radius 3 is 1.85 bits per heavy atom. The normalized spacial score (nSPS) is 25.2. The van der Waals surface area contributed by atoms with Crippen LogP contribution in [0, 0.1) is 0 Å². The Labute approximate surface area is 76.6 Å². The first-order valence-corrected chi connectivity index (χ1v) is 4.36. The van der Waals surface area contributed by atoms with Crippen molar-refractivity contribution in [2.75, 3.05) is 0 Å². The second-order valence-electron chi connectivity index (χ2n) is 3.35. The molecule has 0 N–H and O–H groups in total. The van der Waals surface area contributed by atoms with Crippen LogP contribution in [0.3, 0.4) is 0 Å². The predicted octanol–water partition coefficient (Wildman–Crippen LogP) is 1.66. The predicted molar refractivity (Wildman–Crippen MR) is 48.7 cm³/mol. The lowest BCUT2D eigenvalue weighted by Gasteiger charge is -2.01. The van der Waals surface area contributed by atoms with Crippen LogP contribution in [-0.4, -0.2) is 12.6 Å². The molecule has 2 atom stereocenters. The monoisotopic (exact) mass is 174 g/mol. The van der Waals surface area contributed by atoms with Gasteiger partial charge >= 0.3 is 0 Å². The lowest BCUT2D eigenvalue weighted by atomic mass is 10.0. The van der Waals surface area contributed by atoms with Gasteiger partial charge in [0.05, 0.1) is 0 Å². The standard InChI is InChI=1S/C11H10O2/c12-6-8-5-9(7-13)11-4-2-1-3-10(8)11/h1-4,6-9H,5H2. The first-order valence-electron chi connectivity index (χ1n) is 4.36. The van der Waals surface area contributed by atoms with Gasteiger partial charge in [-0.25, -0.2) is 0 Å². The molecule has 2 heteroatoms. The van der Waals surface area contributed by atoms with Crippen molar-refractivity contribution in [2.24, 2.45) is 0 Å². The lowest BCUT2D eigenvalue weighted by Crippen LogP contribution is -1.95. The van der Waals surface area contributed by atoms with E-state index in [1.54, 1.807) is 0 Å². The second-order valence-corrected chi connectivity index (χ2v) is 3.35. The maximum absolute atomic E-state index is 10.7. The van der Waals surface area contributed by atoms with E-state index in [1.165, 1.54) is 0 Å². The number of hydrogen-bond donors (Lipinski definition) is 0. The molecular formula is C11H10O2. The Hall–Kier alpha value is -1.44. The fourth-order valence-corrected chi connectivity index (χ4v) is 1.97. The van der Waals surface area contributed by atoms with Crippen LogP contribution in [0.15, 0.2) is 24.3 Å². The van der Waals surface area contributed by atoms with Crippen molar-refractivity contribution >= 4 is 12.6 Å². The minimum Gasteiger partial charge on any atom is -0.303 e. The van der Waals surface area contributed by atoms with Gasteiger partial charge in [-0.1, -0.05) is 24.3 Å². The molecule has 0 saturated carbocycles. The van der Waals surface area contributed by atoms with Gasteiger partial charge in [0.2, 0.25) is 0 Å². The Morgan fingerprint density at radius 1 is 1.00 bits per heavy atom. The smallest absolute Gasteiger partial charge is 0.127 e. The summed E-state index contributed by atoms with van der Waals surface area (Å²) >= 11 is 0. The average molecular weight is 174 g/mol. The maximum Gasteiger partial charge on any atom is 0.127 e. The summed E-state index contributed by atoms with van der Waals surface area (Å²) in [6.45, 7) is 0. The Kier molecular flexibility index (Phi) is 1.97. The van der Waals surface area contributed by atoms with Gasteiger partial charge in [-0.05, 0) is 17.5 Å². The summed E-state index contributed by atoms with van der Waals surface area (Å²) in [5, 5.41) is 0. The van der Waals surface area contributed by atoms with E-state index in [9.17, 15) is 9.59 Å². The molecule has 2 unspecified atom stereocenters.